The molecule has 0 bridgehead atoms. The van der Waals surface area contributed by atoms with Crippen molar-refractivity contribution < 1.29 is 14.3 Å². The van der Waals surface area contributed by atoms with Gasteiger partial charge in [-0.1, -0.05) is 20.8 Å². The van der Waals surface area contributed by atoms with Gasteiger partial charge in [0.25, 0.3) is 0 Å². The highest BCUT2D eigenvalue weighted by molar-refractivity contribution is 5.81. The first-order valence-electron chi connectivity index (χ1n) is 7.65. The van der Waals surface area contributed by atoms with Crippen molar-refractivity contribution in [3.63, 3.8) is 0 Å². The molecule has 1 heterocycles. The molecule has 1 saturated heterocycles. The second kappa shape index (κ2) is 8.37. The average Bonchev–Trinajstić information content (AvgIpc) is 2.36. The molecule has 0 aromatic rings. The van der Waals surface area contributed by atoms with E-state index in [-0.39, 0.29) is 22.8 Å². The van der Waals surface area contributed by atoms with Gasteiger partial charge in [0.15, 0.2) is 0 Å². The van der Waals surface area contributed by atoms with Crippen LogP contribution in [0.15, 0.2) is 0 Å². The monoisotopic (exact) mass is 300 g/mol. The van der Waals surface area contributed by atoms with Crippen LogP contribution in [0.1, 0.15) is 54.9 Å². The molecule has 21 heavy (non-hydrogen) atoms. The van der Waals surface area contributed by atoms with Gasteiger partial charge in [-0.3, -0.25) is 9.59 Å². The van der Waals surface area contributed by atoms with Crippen LogP contribution in [0.2, 0.25) is 0 Å². The van der Waals surface area contributed by atoms with Crippen molar-refractivity contribution in [3.8, 4) is 0 Å². The molecule has 0 aromatic carbocycles. The van der Waals surface area contributed by atoms with E-state index < -0.39 is 0 Å². The van der Waals surface area contributed by atoms with Gasteiger partial charge >= 0.3 is 0 Å². The van der Waals surface area contributed by atoms with Gasteiger partial charge in [-0.15, -0.1) is 0 Å². The number of hydrogen-bond donors (Lipinski definition) is 1. The topological polar surface area (TPSA) is 58.6 Å². The van der Waals surface area contributed by atoms with Gasteiger partial charge in [0.1, 0.15) is 0 Å². The molecule has 1 rings (SSSR count). The molecule has 0 saturated carbocycles. The molecule has 0 radical (unpaired) electrons. The summed E-state index contributed by atoms with van der Waals surface area (Å²) in [5.41, 5.74) is -0.289. The van der Waals surface area contributed by atoms with Crippen molar-refractivity contribution >= 4 is 11.8 Å². The van der Waals surface area contributed by atoms with Gasteiger partial charge in [-0.25, -0.2) is 0 Å². The minimum atomic E-state index is -0.211. The predicted octanol–water partition coefficient (Wildman–Crippen LogP) is 2.20. The van der Waals surface area contributed by atoms with Crippen LogP contribution in [0.5, 0.6) is 0 Å². The Morgan fingerprint density at radius 2 is 1.57 bits per heavy atom. The second-order valence-corrected chi connectivity index (χ2v) is 7.07. The Balaban J connectivity index is 0.000000433. The summed E-state index contributed by atoms with van der Waals surface area (Å²) in [6.45, 7) is 16.3. The number of carbonyl (C=O) groups is 2. The third kappa shape index (κ3) is 8.71. The lowest BCUT2D eigenvalue weighted by molar-refractivity contribution is -0.144. The van der Waals surface area contributed by atoms with Crippen molar-refractivity contribution in [3.05, 3.63) is 0 Å². The van der Waals surface area contributed by atoms with E-state index >= 15 is 0 Å². The lowest BCUT2D eigenvalue weighted by atomic mass is 9.88. The standard InChI is InChI=1S/C10H19NO2.C6H13NO/c1-4-10(2,3)9(12)11-5-7-13-8-6-11;1-5(8)7-6(2,3)4/h4-8H2,1-3H3;1-4H3,(H,7,8). The van der Waals surface area contributed by atoms with Crippen molar-refractivity contribution in [2.45, 2.75) is 60.4 Å². The molecule has 124 valence electrons. The van der Waals surface area contributed by atoms with Crippen molar-refractivity contribution in [2.24, 2.45) is 5.41 Å². The minimum Gasteiger partial charge on any atom is -0.378 e. The lowest BCUT2D eigenvalue weighted by Gasteiger charge is -2.33. The van der Waals surface area contributed by atoms with Crippen LogP contribution in [-0.4, -0.2) is 48.6 Å². The second-order valence-electron chi connectivity index (χ2n) is 7.07. The Morgan fingerprint density at radius 3 is 1.86 bits per heavy atom. The molecule has 1 aliphatic heterocycles. The zero-order chi connectivity index (χ0) is 16.7. The third-order valence-electron chi connectivity index (χ3n) is 3.31. The number of nitrogens with zero attached hydrogens (tertiary/aromatic N) is 1. The number of ether oxygens (including phenoxy) is 1. The van der Waals surface area contributed by atoms with Crippen LogP contribution < -0.4 is 5.32 Å². The van der Waals surface area contributed by atoms with Gasteiger partial charge in [0.05, 0.1) is 13.2 Å². The Kier molecular flexibility index (Phi) is 7.93. The number of hydrogen-bond acceptors (Lipinski definition) is 3. The fraction of sp³-hybridized carbons (Fsp3) is 0.875. The molecule has 5 heteroatoms. The first-order valence-corrected chi connectivity index (χ1v) is 7.65. The van der Waals surface area contributed by atoms with E-state index in [2.05, 4.69) is 12.2 Å². The van der Waals surface area contributed by atoms with Gasteiger partial charge in [0, 0.05) is 31.0 Å². The molecule has 1 N–H and O–H groups in total. The van der Waals surface area contributed by atoms with Gasteiger partial charge < -0.3 is 15.0 Å². The zero-order valence-electron chi connectivity index (χ0n) is 14.7. The van der Waals surface area contributed by atoms with Crippen LogP contribution in [-0.2, 0) is 14.3 Å². The maximum Gasteiger partial charge on any atom is 0.228 e. The normalized spacial score (nSPS) is 15.9. The molecule has 0 atom stereocenters. The van der Waals surface area contributed by atoms with Crippen molar-refractivity contribution in [1.82, 2.24) is 10.2 Å². The highest BCUT2D eigenvalue weighted by Crippen LogP contribution is 2.23. The van der Waals surface area contributed by atoms with Gasteiger partial charge in [-0.2, -0.15) is 0 Å². The first-order chi connectivity index (χ1) is 9.49. The molecule has 0 spiro atoms. The summed E-state index contributed by atoms with van der Waals surface area (Å²) in [5.74, 6) is 0.288. The quantitative estimate of drug-likeness (QED) is 0.850. The molecule has 2 amide bonds. The largest absolute Gasteiger partial charge is 0.378 e. The average molecular weight is 300 g/mol. The van der Waals surface area contributed by atoms with Gasteiger partial charge in [0.2, 0.25) is 11.8 Å². The molecule has 1 aliphatic rings. The third-order valence-corrected chi connectivity index (χ3v) is 3.31. The Labute approximate surface area is 129 Å². The maximum atomic E-state index is 11.9. The zero-order valence-corrected chi connectivity index (χ0v) is 14.7. The van der Waals surface area contributed by atoms with Crippen LogP contribution in [0.4, 0.5) is 0 Å². The molecular formula is C16H32N2O3. The molecular weight excluding hydrogens is 268 g/mol. The number of carbonyl (C=O) groups excluding carboxylic acids is 2. The highest BCUT2D eigenvalue weighted by Gasteiger charge is 2.30. The number of rotatable bonds is 2. The van der Waals surface area contributed by atoms with Crippen LogP contribution >= 0.6 is 0 Å². The Bertz CT molecular complexity index is 340. The summed E-state index contributed by atoms with van der Waals surface area (Å²) in [5, 5.41) is 2.74. The smallest absolute Gasteiger partial charge is 0.228 e. The SMILES string of the molecule is CC(=O)NC(C)(C)C.CCC(C)(C)C(=O)N1CCOCC1. The molecule has 0 aromatic heterocycles. The lowest BCUT2D eigenvalue weighted by Crippen LogP contribution is -2.46. The van der Waals surface area contributed by atoms with E-state index in [0.717, 1.165) is 19.5 Å². The number of nitrogens with one attached hydrogen (secondary N) is 1. The molecule has 5 nitrogen and oxygen atoms in total. The Morgan fingerprint density at radius 1 is 1.10 bits per heavy atom. The van der Waals surface area contributed by atoms with E-state index in [1.54, 1.807) is 0 Å². The molecule has 0 aliphatic carbocycles. The van der Waals surface area contributed by atoms with Crippen molar-refractivity contribution in [1.29, 1.82) is 0 Å². The van der Waals surface area contributed by atoms with Crippen LogP contribution in [0, 0.1) is 5.41 Å². The summed E-state index contributed by atoms with van der Waals surface area (Å²) in [4.78, 5) is 24.2. The Hall–Kier alpha value is -1.10. The van der Waals surface area contributed by atoms with E-state index in [1.165, 1.54) is 6.92 Å². The summed E-state index contributed by atoms with van der Waals surface area (Å²) in [7, 11) is 0. The van der Waals surface area contributed by atoms with E-state index in [0.29, 0.717) is 13.2 Å². The summed E-state index contributed by atoms with van der Waals surface area (Å²) < 4.78 is 5.20. The first kappa shape index (κ1) is 19.9. The van der Waals surface area contributed by atoms with E-state index in [1.807, 2.05) is 39.5 Å². The molecule has 0 unspecified atom stereocenters. The highest BCUT2D eigenvalue weighted by atomic mass is 16.5. The van der Waals surface area contributed by atoms with E-state index in [4.69, 9.17) is 4.74 Å². The van der Waals surface area contributed by atoms with Gasteiger partial charge in [-0.05, 0) is 27.2 Å². The summed E-state index contributed by atoms with van der Waals surface area (Å²) in [6.07, 6.45) is 0.892. The predicted molar refractivity (Wildman–Crippen MR) is 85.0 cm³/mol. The van der Waals surface area contributed by atoms with Crippen LogP contribution in [0.25, 0.3) is 0 Å². The minimum absolute atomic E-state index is 0.0255. The molecule has 1 fully saturated rings. The number of amides is 2. The maximum absolute atomic E-state index is 11.9. The van der Waals surface area contributed by atoms with E-state index in [9.17, 15) is 9.59 Å². The summed E-state index contributed by atoms with van der Waals surface area (Å²) >= 11 is 0. The fourth-order valence-electron chi connectivity index (χ4n) is 1.87. The summed E-state index contributed by atoms with van der Waals surface area (Å²) in [6, 6.07) is 0. The number of morpholine rings is 1. The van der Waals surface area contributed by atoms with Crippen LogP contribution in [0.3, 0.4) is 0 Å². The van der Waals surface area contributed by atoms with Crippen molar-refractivity contribution in [2.75, 3.05) is 26.3 Å². The fourth-order valence-corrected chi connectivity index (χ4v) is 1.87.